The van der Waals surface area contributed by atoms with Crippen molar-refractivity contribution < 1.29 is 14.6 Å². The summed E-state index contributed by atoms with van der Waals surface area (Å²) >= 11 is 0. The molecule has 0 bridgehead atoms. The van der Waals surface area contributed by atoms with Gasteiger partial charge in [0, 0.05) is 44.0 Å². The maximum Gasteiger partial charge on any atom is 0.224 e. The van der Waals surface area contributed by atoms with E-state index in [0.29, 0.717) is 26.1 Å². The second-order valence-corrected chi connectivity index (χ2v) is 7.03. The van der Waals surface area contributed by atoms with Crippen LogP contribution in [0.15, 0.2) is 30.3 Å². The number of aliphatic hydroxyl groups excluding tert-OH is 1. The van der Waals surface area contributed by atoms with Gasteiger partial charge in [-0.15, -0.1) is 12.4 Å². The molecule has 3 atom stereocenters. The van der Waals surface area contributed by atoms with Gasteiger partial charge in [-0.25, -0.2) is 0 Å². The molecule has 6 heteroatoms. The van der Waals surface area contributed by atoms with E-state index in [9.17, 15) is 9.90 Å². The van der Waals surface area contributed by atoms with Crippen LogP contribution in [-0.4, -0.2) is 47.8 Å². The van der Waals surface area contributed by atoms with Crippen LogP contribution in [0.25, 0.3) is 0 Å². The van der Waals surface area contributed by atoms with Crippen LogP contribution in [0.5, 0.6) is 0 Å². The summed E-state index contributed by atoms with van der Waals surface area (Å²) in [5.74, 6) is 0.1000. The lowest BCUT2D eigenvalue weighted by Gasteiger charge is -2.56. The van der Waals surface area contributed by atoms with E-state index >= 15 is 0 Å². The molecule has 1 aliphatic carbocycles. The van der Waals surface area contributed by atoms with Crippen LogP contribution in [0.4, 0.5) is 0 Å². The zero-order valence-electron chi connectivity index (χ0n) is 14.8. The first-order valence-electron chi connectivity index (χ1n) is 8.95. The molecular formula is C19H29ClN2O3. The lowest BCUT2D eigenvalue weighted by atomic mass is 9.58. The summed E-state index contributed by atoms with van der Waals surface area (Å²) in [7, 11) is 0. The van der Waals surface area contributed by atoms with E-state index in [1.54, 1.807) is 0 Å². The molecule has 5 nitrogen and oxygen atoms in total. The third-order valence-electron chi connectivity index (χ3n) is 5.78. The number of carbonyl (C=O) groups is 1. The van der Waals surface area contributed by atoms with Gasteiger partial charge in [0.25, 0.3) is 0 Å². The zero-order valence-corrected chi connectivity index (χ0v) is 15.6. The maximum absolute atomic E-state index is 12.5. The van der Waals surface area contributed by atoms with Crippen molar-refractivity contribution in [3.05, 3.63) is 35.9 Å². The molecule has 2 fully saturated rings. The molecule has 1 heterocycles. The topological polar surface area (TPSA) is 75.8 Å². The first-order chi connectivity index (χ1) is 11.6. The Balaban J connectivity index is 0.00000225. The lowest BCUT2D eigenvalue weighted by molar-refractivity contribution is -0.210. The number of hydrogen-bond acceptors (Lipinski definition) is 4. The Bertz CT molecular complexity index is 559. The van der Waals surface area contributed by atoms with E-state index in [4.69, 9.17) is 10.5 Å². The van der Waals surface area contributed by atoms with Crippen molar-refractivity contribution >= 4 is 18.3 Å². The molecule has 1 aromatic rings. The Hall–Kier alpha value is -1.14. The molecular weight excluding hydrogens is 340 g/mol. The van der Waals surface area contributed by atoms with Crippen molar-refractivity contribution in [2.45, 2.75) is 50.9 Å². The highest BCUT2D eigenvalue weighted by molar-refractivity contribution is 5.85. The average Bonchev–Trinajstić information content (AvgIpc) is 2.62. The van der Waals surface area contributed by atoms with Gasteiger partial charge in [-0.3, -0.25) is 4.79 Å². The third-order valence-corrected chi connectivity index (χ3v) is 5.78. The number of halogens is 1. The fraction of sp³-hybridized carbons (Fsp3) is 0.632. The molecule has 3 N–H and O–H groups in total. The monoisotopic (exact) mass is 368 g/mol. The van der Waals surface area contributed by atoms with E-state index < -0.39 is 0 Å². The highest BCUT2D eigenvalue weighted by Gasteiger charge is 2.56. The standard InChI is InChI=1S/C19H28N2O3.ClH/c1-2-24-17-13-16(22)19(17)8-10-21(11-9-19)18(23)12-15(20)14-6-4-3-5-7-14;/h3-7,15-17,22H,2,8-13,20H2,1H3;1H. The van der Waals surface area contributed by atoms with Crippen LogP contribution >= 0.6 is 12.4 Å². The van der Waals surface area contributed by atoms with Crippen LogP contribution in [0.2, 0.25) is 0 Å². The molecule has 3 unspecified atom stereocenters. The molecule has 1 aliphatic heterocycles. The van der Waals surface area contributed by atoms with Crippen molar-refractivity contribution in [1.29, 1.82) is 0 Å². The fourth-order valence-electron chi connectivity index (χ4n) is 4.12. The lowest BCUT2D eigenvalue weighted by Crippen LogP contribution is -2.62. The third kappa shape index (κ3) is 4.00. The Morgan fingerprint density at radius 2 is 2.00 bits per heavy atom. The molecule has 2 aliphatic rings. The van der Waals surface area contributed by atoms with Crippen molar-refractivity contribution in [2.75, 3.05) is 19.7 Å². The Kier molecular flexibility index (Phi) is 6.86. The van der Waals surface area contributed by atoms with Gasteiger partial charge >= 0.3 is 0 Å². The van der Waals surface area contributed by atoms with Gasteiger partial charge < -0.3 is 20.5 Å². The first kappa shape index (κ1) is 20.2. The number of aliphatic hydroxyl groups is 1. The number of piperidine rings is 1. The first-order valence-corrected chi connectivity index (χ1v) is 8.95. The summed E-state index contributed by atoms with van der Waals surface area (Å²) in [6.45, 7) is 4.03. The minimum absolute atomic E-state index is 0. The SMILES string of the molecule is CCOC1CC(O)C12CCN(C(=O)CC(N)c1ccccc1)CC2.Cl. The van der Waals surface area contributed by atoms with Gasteiger partial charge in [0.05, 0.1) is 12.2 Å². The molecule has 1 saturated carbocycles. The number of ether oxygens (including phenoxy) is 1. The van der Waals surface area contributed by atoms with Gasteiger partial charge in [-0.1, -0.05) is 30.3 Å². The Morgan fingerprint density at radius 1 is 1.36 bits per heavy atom. The molecule has 0 aromatic heterocycles. The van der Waals surface area contributed by atoms with Gasteiger partial charge in [0.1, 0.15) is 0 Å². The predicted molar refractivity (Wildman–Crippen MR) is 99.5 cm³/mol. The summed E-state index contributed by atoms with van der Waals surface area (Å²) in [5.41, 5.74) is 7.02. The van der Waals surface area contributed by atoms with Gasteiger partial charge in [0.15, 0.2) is 0 Å². The van der Waals surface area contributed by atoms with Crippen molar-refractivity contribution in [3.63, 3.8) is 0 Å². The summed E-state index contributed by atoms with van der Waals surface area (Å²) in [4.78, 5) is 14.4. The van der Waals surface area contributed by atoms with E-state index in [-0.39, 0.29) is 42.0 Å². The number of nitrogens with zero attached hydrogens (tertiary/aromatic N) is 1. The predicted octanol–water partition coefficient (Wildman–Crippen LogP) is 2.28. The average molecular weight is 369 g/mol. The largest absolute Gasteiger partial charge is 0.392 e. The molecule has 140 valence electrons. The minimum atomic E-state index is -0.294. The summed E-state index contributed by atoms with van der Waals surface area (Å²) < 4.78 is 5.78. The second kappa shape index (κ2) is 8.49. The van der Waals surface area contributed by atoms with E-state index in [0.717, 1.165) is 24.8 Å². The molecule has 1 saturated heterocycles. The molecule has 1 aromatic carbocycles. The number of nitrogens with two attached hydrogens (primary N) is 1. The summed E-state index contributed by atoms with van der Waals surface area (Å²) in [5, 5.41) is 10.2. The van der Waals surface area contributed by atoms with Crippen molar-refractivity contribution in [3.8, 4) is 0 Å². The Morgan fingerprint density at radius 3 is 2.56 bits per heavy atom. The quantitative estimate of drug-likeness (QED) is 0.836. The fourth-order valence-corrected chi connectivity index (χ4v) is 4.12. The van der Waals surface area contributed by atoms with Gasteiger partial charge in [0.2, 0.25) is 5.91 Å². The minimum Gasteiger partial charge on any atom is -0.392 e. The van der Waals surface area contributed by atoms with Crippen molar-refractivity contribution in [2.24, 2.45) is 11.1 Å². The maximum atomic E-state index is 12.5. The van der Waals surface area contributed by atoms with Crippen LogP contribution in [0.1, 0.15) is 44.2 Å². The summed E-state index contributed by atoms with van der Waals surface area (Å²) in [6.07, 6.45) is 2.52. The van der Waals surface area contributed by atoms with Crippen LogP contribution in [0, 0.1) is 5.41 Å². The molecule has 25 heavy (non-hydrogen) atoms. The number of benzene rings is 1. The number of amides is 1. The van der Waals surface area contributed by atoms with Gasteiger partial charge in [-0.05, 0) is 25.3 Å². The van der Waals surface area contributed by atoms with Crippen LogP contribution < -0.4 is 5.73 Å². The van der Waals surface area contributed by atoms with E-state index in [1.165, 1.54) is 0 Å². The highest BCUT2D eigenvalue weighted by Crippen LogP contribution is 2.51. The number of hydrogen-bond donors (Lipinski definition) is 2. The van der Waals surface area contributed by atoms with Crippen LogP contribution in [0.3, 0.4) is 0 Å². The molecule has 1 spiro atoms. The van der Waals surface area contributed by atoms with Crippen molar-refractivity contribution in [1.82, 2.24) is 4.90 Å². The van der Waals surface area contributed by atoms with Crippen LogP contribution in [-0.2, 0) is 9.53 Å². The Labute approximate surface area is 155 Å². The smallest absolute Gasteiger partial charge is 0.224 e. The van der Waals surface area contributed by atoms with E-state index in [2.05, 4.69) is 0 Å². The number of likely N-dealkylation sites (tertiary alicyclic amines) is 1. The second-order valence-electron chi connectivity index (χ2n) is 7.03. The van der Waals surface area contributed by atoms with E-state index in [1.807, 2.05) is 42.2 Å². The van der Waals surface area contributed by atoms with Gasteiger partial charge in [-0.2, -0.15) is 0 Å². The highest BCUT2D eigenvalue weighted by atomic mass is 35.5. The molecule has 3 rings (SSSR count). The summed E-state index contributed by atoms with van der Waals surface area (Å²) in [6, 6.07) is 9.48. The zero-order chi connectivity index (χ0) is 17.2. The molecule has 1 amide bonds. The molecule has 0 radical (unpaired) electrons. The normalized spacial score (nSPS) is 25.8. The number of rotatable bonds is 5. The number of carbonyl (C=O) groups excluding carboxylic acids is 1.